The molecule has 0 aromatic carbocycles. The number of hydrogen-bond acceptors (Lipinski definition) is 5. The summed E-state index contributed by atoms with van der Waals surface area (Å²) in [5.41, 5.74) is 6.80. The van der Waals surface area contributed by atoms with Crippen LogP contribution < -0.4 is 5.73 Å². The number of esters is 1. The number of hydrogen-bond donors (Lipinski definition) is 1. The third-order valence-electron chi connectivity index (χ3n) is 2.99. The van der Waals surface area contributed by atoms with Crippen molar-refractivity contribution in [1.29, 1.82) is 0 Å². The summed E-state index contributed by atoms with van der Waals surface area (Å²) in [4.78, 5) is 15.7. The Balaban J connectivity index is 1.73. The van der Waals surface area contributed by atoms with Gasteiger partial charge in [-0.25, -0.2) is 0 Å². The van der Waals surface area contributed by atoms with E-state index in [2.05, 4.69) is 4.98 Å². The Morgan fingerprint density at radius 3 is 2.89 bits per heavy atom. The molecular weight excluding hydrogens is 232 g/mol. The molecule has 1 saturated heterocycles. The Kier molecular flexibility index (Phi) is 4.52. The van der Waals surface area contributed by atoms with Gasteiger partial charge in [0.05, 0.1) is 30.6 Å². The average Bonchev–Trinajstić information content (AvgIpc) is 2.40. The number of nitrogens with zero attached hydrogens (tertiary/aromatic N) is 1. The van der Waals surface area contributed by atoms with Gasteiger partial charge >= 0.3 is 5.97 Å². The van der Waals surface area contributed by atoms with E-state index >= 15 is 0 Å². The minimum atomic E-state index is -0.237. The summed E-state index contributed by atoms with van der Waals surface area (Å²) in [5.74, 6) is 0.195. The number of pyridine rings is 1. The molecule has 2 heterocycles. The second-order valence-electron chi connectivity index (χ2n) is 4.50. The summed E-state index contributed by atoms with van der Waals surface area (Å²) in [6, 6.07) is 3.47. The number of carbonyl (C=O) groups is 1. The van der Waals surface area contributed by atoms with E-state index in [0.29, 0.717) is 23.9 Å². The SMILES string of the molecule is Nc1ccc(CC(=O)OCC2CCOCC2)nc1. The molecule has 0 amide bonds. The summed E-state index contributed by atoms with van der Waals surface area (Å²) >= 11 is 0. The van der Waals surface area contributed by atoms with E-state index in [4.69, 9.17) is 15.2 Å². The summed E-state index contributed by atoms with van der Waals surface area (Å²) in [6.45, 7) is 2.01. The van der Waals surface area contributed by atoms with Gasteiger partial charge in [-0.05, 0) is 30.9 Å². The lowest BCUT2D eigenvalue weighted by molar-refractivity contribution is -0.145. The molecule has 2 rings (SSSR count). The molecule has 1 aliphatic heterocycles. The van der Waals surface area contributed by atoms with E-state index in [0.717, 1.165) is 26.1 Å². The molecule has 5 heteroatoms. The Bertz CT molecular complexity index is 386. The molecule has 2 N–H and O–H groups in total. The first-order valence-corrected chi connectivity index (χ1v) is 6.18. The second kappa shape index (κ2) is 6.35. The molecule has 0 bridgehead atoms. The fraction of sp³-hybridized carbons (Fsp3) is 0.538. The van der Waals surface area contributed by atoms with Gasteiger partial charge in [-0.15, -0.1) is 0 Å². The van der Waals surface area contributed by atoms with Crippen LogP contribution in [0.4, 0.5) is 5.69 Å². The van der Waals surface area contributed by atoms with Crippen molar-refractivity contribution in [3.63, 3.8) is 0 Å². The number of nitrogens with two attached hydrogens (primary N) is 1. The Hall–Kier alpha value is -1.62. The van der Waals surface area contributed by atoms with Gasteiger partial charge in [-0.1, -0.05) is 0 Å². The van der Waals surface area contributed by atoms with Gasteiger partial charge in [0.1, 0.15) is 0 Å². The van der Waals surface area contributed by atoms with E-state index in [1.807, 2.05) is 0 Å². The van der Waals surface area contributed by atoms with Crippen molar-refractivity contribution in [3.8, 4) is 0 Å². The van der Waals surface area contributed by atoms with Gasteiger partial charge in [0, 0.05) is 13.2 Å². The molecule has 18 heavy (non-hydrogen) atoms. The predicted molar refractivity (Wildman–Crippen MR) is 66.9 cm³/mol. The van der Waals surface area contributed by atoms with Crippen LogP contribution in [0.15, 0.2) is 18.3 Å². The van der Waals surface area contributed by atoms with Crippen LogP contribution >= 0.6 is 0 Å². The molecular formula is C13H18N2O3. The monoisotopic (exact) mass is 250 g/mol. The van der Waals surface area contributed by atoms with Crippen molar-refractivity contribution >= 4 is 11.7 Å². The van der Waals surface area contributed by atoms with Crippen LogP contribution in [0.25, 0.3) is 0 Å². The Morgan fingerprint density at radius 2 is 2.22 bits per heavy atom. The lowest BCUT2D eigenvalue weighted by Gasteiger charge is -2.21. The van der Waals surface area contributed by atoms with E-state index in [-0.39, 0.29) is 12.4 Å². The lowest BCUT2D eigenvalue weighted by atomic mass is 10.0. The Morgan fingerprint density at radius 1 is 1.44 bits per heavy atom. The molecule has 5 nitrogen and oxygen atoms in total. The van der Waals surface area contributed by atoms with Crippen LogP contribution in [0.2, 0.25) is 0 Å². The van der Waals surface area contributed by atoms with Gasteiger partial charge in [0.15, 0.2) is 0 Å². The highest BCUT2D eigenvalue weighted by atomic mass is 16.5. The predicted octanol–water partition coefficient (Wildman–Crippen LogP) is 1.18. The van der Waals surface area contributed by atoms with Crippen LogP contribution in [0.5, 0.6) is 0 Å². The zero-order valence-corrected chi connectivity index (χ0v) is 10.3. The molecule has 1 aromatic heterocycles. The van der Waals surface area contributed by atoms with Crippen LogP contribution in [0.3, 0.4) is 0 Å². The topological polar surface area (TPSA) is 74.4 Å². The first kappa shape index (κ1) is 12.8. The molecule has 98 valence electrons. The summed E-state index contributed by atoms with van der Waals surface area (Å²) in [7, 11) is 0. The normalized spacial score (nSPS) is 16.4. The molecule has 0 atom stereocenters. The molecule has 0 saturated carbocycles. The molecule has 1 aromatic rings. The maximum absolute atomic E-state index is 11.6. The first-order valence-electron chi connectivity index (χ1n) is 6.18. The van der Waals surface area contributed by atoms with Gasteiger partial charge < -0.3 is 15.2 Å². The molecule has 0 spiro atoms. The van der Waals surface area contributed by atoms with Crippen LogP contribution in [-0.4, -0.2) is 30.8 Å². The van der Waals surface area contributed by atoms with Gasteiger partial charge in [0.25, 0.3) is 0 Å². The number of anilines is 1. The number of carbonyl (C=O) groups excluding carboxylic acids is 1. The second-order valence-corrected chi connectivity index (χ2v) is 4.50. The summed E-state index contributed by atoms with van der Waals surface area (Å²) in [5, 5.41) is 0. The van der Waals surface area contributed by atoms with Crippen LogP contribution in [-0.2, 0) is 20.7 Å². The third-order valence-corrected chi connectivity index (χ3v) is 2.99. The quantitative estimate of drug-likeness (QED) is 0.812. The number of ether oxygens (including phenoxy) is 2. The fourth-order valence-electron chi connectivity index (χ4n) is 1.86. The maximum Gasteiger partial charge on any atom is 0.311 e. The minimum absolute atomic E-state index is 0.198. The van der Waals surface area contributed by atoms with E-state index in [1.54, 1.807) is 18.3 Å². The minimum Gasteiger partial charge on any atom is -0.465 e. The molecule has 1 aliphatic rings. The van der Waals surface area contributed by atoms with Gasteiger partial charge in [0.2, 0.25) is 0 Å². The smallest absolute Gasteiger partial charge is 0.311 e. The highest BCUT2D eigenvalue weighted by Crippen LogP contribution is 2.15. The van der Waals surface area contributed by atoms with Gasteiger partial charge in [-0.2, -0.15) is 0 Å². The van der Waals surface area contributed by atoms with Crippen molar-refractivity contribution in [2.24, 2.45) is 5.92 Å². The van der Waals surface area contributed by atoms with E-state index in [9.17, 15) is 4.79 Å². The average molecular weight is 250 g/mol. The molecule has 0 radical (unpaired) electrons. The standard InChI is InChI=1S/C13H18N2O3/c14-11-1-2-12(15-8-11)7-13(16)18-9-10-3-5-17-6-4-10/h1-2,8,10H,3-7,9,14H2. The number of aromatic nitrogens is 1. The molecule has 0 aliphatic carbocycles. The van der Waals surface area contributed by atoms with Crippen molar-refractivity contribution in [3.05, 3.63) is 24.0 Å². The summed E-state index contributed by atoms with van der Waals surface area (Å²) < 4.78 is 10.5. The van der Waals surface area contributed by atoms with Crippen molar-refractivity contribution in [2.45, 2.75) is 19.3 Å². The Labute approximate surface area is 106 Å². The van der Waals surface area contributed by atoms with E-state index in [1.165, 1.54) is 0 Å². The van der Waals surface area contributed by atoms with Crippen molar-refractivity contribution in [2.75, 3.05) is 25.6 Å². The van der Waals surface area contributed by atoms with Crippen molar-refractivity contribution < 1.29 is 14.3 Å². The van der Waals surface area contributed by atoms with Crippen molar-refractivity contribution in [1.82, 2.24) is 4.98 Å². The first-order chi connectivity index (χ1) is 8.74. The lowest BCUT2D eigenvalue weighted by Crippen LogP contribution is -2.22. The largest absolute Gasteiger partial charge is 0.465 e. The zero-order chi connectivity index (χ0) is 12.8. The van der Waals surface area contributed by atoms with Crippen LogP contribution in [0.1, 0.15) is 18.5 Å². The highest BCUT2D eigenvalue weighted by Gasteiger charge is 2.16. The van der Waals surface area contributed by atoms with Gasteiger partial charge in [-0.3, -0.25) is 9.78 Å². The van der Waals surface area contributed by atoms with Crippen LogP contribution in [0, 0.1) is 5.92 Å². The summed E-state index contributed by atoms with van der Waals surface area (Å²) in [6.07, 6.45) is 3.67. The number of rotatable bonds is 4. The molecule has 0 unspecified atom stereocenters. The maximum atomic E-state index is 11.6. The third kappa shape index (κ3) is 4.00. The highest BCUT2D eigenvalue weighted by molar-refractivity contribution is 5.72. The molecule has 1 fully saturated rings. The zero-order valence-electron chi connectivity index (χ0n) is 10.3. The number of nitrogen functional groups attached to an aromatic ring is 1. The fourth-order valence-corrected chi connectivity index (χ4v) is 1.86. The van der Waals surface area contributed by atoms with E-state index < -0.39 is 0 Å².